The molecule has 3 aromatic rings. The molecule has 1 amide bonds. The summed E-state index contributed by atoms with van der Waals surface area (Å²) >= 11 is 0. The lowest BCUT2D eigenvalue weighted by Crippen LogP contribution is -2.59. The molecule has 218 valence electrons. The highest BCUT2D eigenvalue weighted by Gasteiger charge is 2.47. The van der Waals surface area contributed by atoms with Crippen LogP contribution in [-0.2, 0) is 21.4 Å². The van der Waals surface area contributed by atoms with Crippen molar-refractivity contribution in [3.8, 4) is 0 Å². The summed E-state index contributed by atoms with van der Waals surface area (Å²) in [4.78, 5) is 32.1. The fraction of sp³-hybridized carbons (Fsp3) is 0.393. The number of sulfonamides is 1. The fourth-order valence-electron chi connectivity index (χ4n) is 5.41. The van der Waals surface area contributed by atoms with Gasteiger partial charge in [-0.15, -0.1) is 0 Å². The first kappa shape index (κ1) is 28.9. The first-order chi connectivity index (χ1) is 19.5. The first-order valence-corrected chi connectivity index (χ1v) is 14.7. The second kappa shape index (κ2) is 11.4. The van der Waals surface area contributed by atoms with Crippen LogP contribution in [0.15, 0.2) is 46.3 Å². The van der Waals surface area contributed by atoms with Gasteiger partial charge in [-0.3, -0.25) is 14.6 Å². The van der Waals surface area contributed by atoms with Gasteiger partial charge in [-0.2, -0.15) is 4.31 Å². The zero-order chi connectivity index (χ0) is 29.5. The number of hydrogen-bond acceptors (Lipinski definition) is 5. The van der Waals surface area contributed by atoms with Gasteiger partial charge in [0.15, 0.2) is 28.2 Å². The summed E-state index contributed by atoms with van der Waals surface area (Å²) in [5, 5.41) is 0. The molecular formula is C28H28F4N4O4S. The van der Waals surface area contributed by atoms with Crippen LogP contribution in [-0.4, -0.2) is 41.2 Å². The summed E-state index contributed by atoms with van der Waals surface area (Å²) in [5.74, 6) is -8.18. The van der Waals surface area contributed by atoms with Gasteiger partial charge in [0.2, 0.25) is 21.5 Å². The Balaban J connectivity index is 1.45. The molecule has 8 nitrogen and oxygen atoms in total. The van der Waals surface area contributed by atoms with Gasteiger partial charge in [0.05, 0.1) is 17.9 Å². The Morgan fingerprint density at radius 3 is 2.27 bits per heavy atom. The molecule has 1 saturated heterocycles. The first-order valence-electron chi connectivity index (χ1n) is 13.3. The second-order valence-corrected chi connectivity index (χ2v) is 12.2. The highest BCUT2D eigenvalue weighted by molar-refractivity contribution is 7.89. The van der Waals surface area contributed by atoms with Gasteiger partial charge in [-0.05, 0) is 49.8 Å². The van der Waals surface area contributed by atoms with E-state index in [1.165, 1.54) is 18.7 Å². The Labute approximate surface area is 234 Å². The Hall–Kier alpha value is -3.58. The number of aromatic nitrogens is 2. The third-order valence-electron chi connectivity index (χ3n) is 7.85. The van der Waals surface area contributed by atoms with Crippen molar-refractivity contribution < 1.29 is 30.8 Å². The second-order valence-electron chi connectivity index (χ2n) is 10.4. The van der Waals surface area contributed by atoms with Crippen LogP contribution in [0, 0.1) is 30.2 Å². The van der Waals surface area contributed by atoms with Gasteiger partial charge >= 0.3 is 0 Å². The molecule has 1 aromatic carbocycles. The number of carbonyl (C=O) groups excluding carboxylic acids is 1. The largest absolute Gasteiger partial charge is 0.329 e. The van der Waals surface area contributed by atoms with E-state index < -0.39 is 61.3 Å². The molecular weight excluding hydrogens is 564 g/mol. The maximum atomic E-state index is 14.6. The third kappa shape index (κ3) is 5.40. The molecule has 1 aliphatic carbocycles. The lowest BCUT2D eigenvalue weighted by atomic mass is 9.85. The van der Waals surface area contributed by atoms with Gasteiger partial charge in [0, 0.05) is 30.6 Å². The lowest BCUT2D eigenvalue weighted by molar-refractivity contribution is -0.125. The van der Waals surface area contributed by atoms with Crippen molar-refractivity contribution in [2.75, 3.05) is 11.4 Å². The average molecular weight is 593 g/mol. The number of H-pyrrole nitrogens is 1. The number of benzene rings is 1. The smallest absolute Gasteiger partial charge is 0.249 e. The molecule has 2 aliphatic rings. The number of aromatic amines is 1. The molecule has 2 aromatic heterocycles. The van der Waals surface area contributed by atoms with Crippen molar-refractivity contribution in [2.45, 2.75) is 68.8 Å². The van der Waals surface area contributed by atoms with E-state index >= 15 is 0 Å². The van der Waals surface area contributed by atoms with Gasteiger partial charge in [-0.1, -0.05) is 25.3 Å². The van der Waals surface area contributed by atoms with E-state index in [0.717, 1.165) is 49.1 Å². The molecule has 0 unspecified atom stereocenters. The molecule has 0 radical (unpaired) electrons. The number of carbonyl (C=O) groups is 1. The van der Waals surface area contributed by atoms with Crippen LogP contribution in [0.25, 0.3) is 0 Å². The van der Waals surface area contributed by atoms with Crippen LogP contribution in [0.4, 0.5) is 23.2 Å². The summed E-state index contributed by atoms with van der Waals surface area (Å²) in [6, 6.07) is 4.85. The normalized spacial score (nSPS) is 18.2. The van der Waals surface area contributed by atoms with Crippen molar-refractivity contribution in [3.05, 3.63) is 87.1 Å². The van der Waals surface area contributed by atoms with E-state index in [9.17, 15) is 35.6 Å². The summed E-state index contributed by atoms with van der Waals surface area (Å²) in [6.45, 7) is 0.332. The van der Waals surface area contributed by atoms with E-state index in [0.29, 0.717) is 15.9 Å². The van der Waals surface area contributed by atoms with Gasteiger partial charge < -0.3 is 9.88 Å². The fourth-order valence-corrected chi connectivity index (χ4v) is 7.15. The number of rotatable bonds is 7. The van der Waals surface area contributed by atoms with Gasteiger partial charge in [0.1, 0.15) is 6.04 Å². The SMILES string of the molecule is Cc1c(F)c(F)c(S(=O)(=O)N2CC[C@@H]2C(=O)N(Cc2ccc(C3CCCCC3)cn2)c2cc[nH]c(=O)c2)c(F)c1F. The van der Waals surface area contributed by atoms with Crippen LogP contribution < -0.4 is 10.5 Å². The Bertz CT molecular complexity index is 1610. The molecule has 1 atom stereocenters. The van der Waals surface area contributed by atoms with Gasteiger partial charge in [-0.25, -0.2) is 26.0 Å². The third-order valence-corrected chi connectivity index (χ3v) is 9.77. The summed E-state index contributed by atoms with van der Waals surface area (Å²) in [7, 11) is -5.16. The summed E-state index contributed by atoms with van der Waals surface area (Å²) in [5.41, 5.74) is 0.171. The predicted octanol–water partition coefficient (Wildman–Crippen LogP) is 4.68. The molecule has 13 heteroatoms. The van der Waals surface area contributed by atoms with Crippen molar-refractivity contribution in [1.82, 2.24) is 14.3 Å². The Morgan fingerprint density at radius 1 is 1.02 bits per heavy atom. The minimum atomic E-state index is -5.16. The minimum absolute atomic E-state index is 0.0220. The monoisotopic (exact) mass is 592 g/mol. The number of anilines is 1. The van der Waals surface area contributed by atoms with Gasteiger partial charge in [0.25, 0.3) is 0 Å². The molecule has 1 saturated carbocycles. The standard InChI is InChI=1S/C28H28F4N4O4S/c1-16-23(29)25(31)27(26(32)24(16)30)41(39,40)36-12-10-21(36)28(38)35(20-9-11-33-22(37)13-20)15-19-8-7-18(14-34-19)17-5-3-2-4-6-17/h7-9,11,13-14,17,21H,2-6,10,12,15H2,1H3,(H,33,37)/t21-/m1/s1. The van der Waals surface area contributed by atoms with Crippen molar-refractivity contribution in [3.63, 3.8) is 0 Å². The van der Waals surface area contributed by atoms with Crippen molar-refractivity contribution in [1.29, 1.82) is 0 Å². The van der Waals surface area contributed by atoms with E-state index in [2.05, 4.69) is 9.97 Å². The maximum absolute atomic E-state index is 14.6. The number of hydrogen-bond donors (Lipinski definition) is 1. The average Bonchev–Trinajstić information content (AvgIpc) is 2.93. The Morgan fingerprint density at radius 2 is 1.71 bits per heavy atom. The van der Waals surface area contributed by atoms with Crippen LogP contribution in [0.2, 0.25) is 0 Å². The minimum Gasteiger partial charge on any atom is -0.329 e. The number of amides is 1. The van der Waals surface area contributed by atoms with E-state index in [1.807, 2.05) is 6.07 Å². The van der Waals surface area contributed by atoms with Crippen LogP contribution in [0.1, 0.15) is 61.3 Å². The van der Waals surface area contributed by atoms with Crippen LogP contribution >= 0.6 is 0 Å². The molecule has 1 aliphatic heterocycles. The molecule has 0 bridgehead atoms. The summed E-state index contributed by atoms with van der Waals surface area (Å²) in [6.07, 6.45) is 8.68. The molecule has 1 N–H and O–H groups in total. The zero-order valence-electron chi connectivity index (χ0n) is 22.2. The van der Waals surface area contributed by atoms with E-state index in [1.54, 1.807) is 12.3 Å². The summed E-state index contributed by atoms with van der Waals surface area (Å²) < 4.78 is 84.6. The number of nitrogens with one attached hydrogen (secondary N) is 1. The molecule has 0 spiro atoms. The van der Waals surface area contributed by atoms with Crippen LogP contribution in [0.5, 0.6) is 0 Å². The number of halogens is 4. The van der Waals surface area contributed by atoms with Crippen LogP contribution in [0.3, 0.4) is 0 Å². The lowest BCUT2D eigenvalue weighted by Gasteiger charge is -2.41. The number of pyridine rings is 2. The van der Waals surface area contributed by atoms with E-state index in [-0.39, 0.29) is 25.2 Å². The highest BCUT2D eigenvalue weighted by Crippen LogP contribution is 2.35. The molecule has 5 rings (SSSR count). The predicted molar refractivity (Wildman–Crippen MR) is 142 cm³/mol. The molecule has 2 fully saturated rings. The molecule has 41 heavy (non-hydrogen) atoms. The van der Waals surface area contributed by atoms with Crippen molar-refractivity contribution >= 4 is 21.6 Å². The highest BCUT2D eigenvalue weighted by atomic mass is 32.2. The topological polar surface area (TPSA) is 103 Å². The van der Waals surface area contributed by atoms with Crippen molar-refractivity contribution in [2.24, 2.45) is 0 Å². The zero-order valence-corrected chi connectivity index (χ0v) is 23.0. The quantitative estimate of drug-likeness (QED) is 0.317. The number of nitrogens with zero attached hydrogens (tertiary/aromatic N) is 3. The maximum Gasteiger partial charge on any atom is 0.249 e. The van der Waals surface area contributed by atoms with E-state index in [4.69, 9.17) is 0 Å². The Kier molecular flexibility index (Phi) is 8.02. The molecule has 3 heterocycles.